The highest BCUT2D eigenvalue weighted by Gasteiger charge is 2.28. The third-order valence-corrected chi connectivity index (χ3v) is 6.66. The summed E-state index contributed by atoms with van der Waals surface area (Å²) in [6.07, 6.45) is 1.56. The molecule has 0 radical (unpaired) electrons. The van der Waals surface area contributed by atoms with Crippen LogP contribution in [0.15, 0.2) is 53.5 Å². The molecule has 6 nitrogen and oxygen atoms in total. The Morgan fingerprint density at radius 3 is 2.66 bits per heavy atom. The number of anilines is 1. The topological polar surface area (TPSA) is 73.8 Å². The van der Waals surface area contributed by atoms with E-state index in [9.17, 15) is 8.42 Å². The first-order chi connectivity index (χ1) is 13.5. The molecule has 1 aliphatic rings. The normalized spacial score (nSPS) is 13.6. The lowest BCUT2D eigenvalue weighted by molar-refractivity contribution is 0.591. The standard InChI is InChI=1S/C20H25ClN4O2S.HI/c1-22-20(23-11-9-16-5-4-7-18(21)15-16)24-12-14-28(26,27)25-13-10-17-6-2-3-8-19(17)25;/h2-8,15H,9-14H2,1H3,(H2,22,23,24);1H. The fourth-order valence-corrected chi connectivity index (χ4v) is 4.88. The zero-order chi connectivity index (χ0) is 20.0. The number of para-hydroxylation sites is 1. The van der Waals surface area contributed by atoms with Crippen molar-refractivity contribution in [2.24, 2.45) is 4.99 Å². The van der Waals surface area contributed by atoms with E-state index in [2.05, 4.69) is 15.6 Å². The van der Waals surface area contributed by atoms with E-state index in [-0.39, 0.29) is 36.3 Å². The molecule has 2 aromatic carbocycles. The third kappa shape index (κ3) is 6.48. The second-order valence-electron chi connectivity index (χ2n) is 6.57. The van der Waals surface area contributed by atoms with E-state index in [0.717, 1.165) is 29.7 Å². The number of benzene rings is 2. The Balaban J connectivity index is 0.00000300. The van der Waals surface area contributed by atoms with Gasteiger partial charge in [-0.1, -0.05) is 41.9 Å². The molecule has 3 rings (SSSR count). The van der Waals surface area contributed by atoms with E-state index < -0.39 is 10.0 Å². The minimum absolute atomic E-state index is 0. The second kappa shape index (κ2) is 11.0. The molecule has 1 heterocycles. The summed E-state index contributed by atoms with van der Waals surface area (Å²) in [4.78, 5) is 4.15. The molecule has 0 atom stereocenters. The molecule has 0 aliphatic carbocycles. The van der Waals surface area contributed by atoms with Gasteiger partial charge >= 0.3 is 0 Å². The van der Waals surface area contributed by atoms with Gasteiger partial charge in [0, 0.05) is 31.7 Å². The van der Waals surface area contributed by atoms with Crippen LogP contribution < -0.4 is 14.9 Å². The zero-order valence-corrected chi connectivity index (χ0v) is 20.2. The quantitative estimate of drug-likeness (QED) is 0.317. The van der Waals surface area contributed by atoms with Gasteiger partial charge in [-0.3, -0.25) is 9.30 Å². The van der Waals surface area contributed by atoms with Crippen molar-refractivity contribution in [2.45, 2.75) is 12.8 Å². The zero-order valence-electron chi connectivity index (χ0n) is 16.3. The van der Waals surface area contributed by atoms with Crippen LogP contribution in [0.4, 0.5) is 5.69 Å². The average Bonchev–Trinajstić information content (AvgIpc) is 3.12. The molecule has 0 spiro atoms. The number of nitrogens with one attached hydrogen (secondary N) is 2. The molecule has 158 valence electrons. The summed E-state index contributed by atoms with van der Waals surface area (Å²) in [7, 11) is -1.71. The Kier molecular flexibility index (Phi) is 9.04. The first-order valence-corrected chi connectivity index (χ1v) is 11.3. The Hall–Kier alpha value is -1.52. The van der Waals surface area contributed by atoms with Crippen molar-refractivity contribution >= 4 is 57.2 Å². The predicted molar refractivity (Wildman–Crippen MR) is 131 cm³/mol. The Morgan fingerprint density at radius 1 is 1.14 bits per heavy atom. The molecular formula is C20H26ClIN4O2S. The van der Waals surface area contributed by atoms with Crippen LogP contribution in [0.3, 0.4) is 0 Å². The fourth-order valence-electron chi connectivity index (χ4n) is 3.24. The van der Waals surface area contributed by atoms with Crippen LogP contribution in [0.1, 0.15) is 11.1 Å². The molecule has 0 unspecified atom stereocenters. The smallest absolute Gasteiger partial charge is 0.236 e. The highest BCUT2D eigenvalue weighted by molar-refractivity contribution is 14.0. The van der Waals surface area contributed by atoms with Gasteiger partial charge in [-0.25, -0.2) is 8.42 Å². The second-order valence-corrected chi connectivity index (χ2v) is 9.02. The molecule has 0 amide bonds. The summed E-state index contributed by atoms with van der Waals surface area (Å²) in [5, 5.41) is 6.99. The van der Waals surface area contributed by atoms with Gasteiger partial charge in [0.05, 0.1) is 11.4 Å². The summed E-state index contributed by atoms with van der Waals surface area (Å²) in [5.41, 5.74) is 3.01. The predicted octanol–water partition coefficient (Wildman–Crippen LogP) is 3.06. The van der Waals surface area contributed by atoms with Crippen LogP contribution in [-0.4, -0.2) is 46.8 Å². The molecule has 1 aliphatic heterocycles. The van der Waals surface area contributed by atoms with E-state index in [1.54, 1.807) is 7.05 Å². The van der Waals surface area contributed by atoms with Gasteiger partial charge < -0.3 is 10.6 Å². The van der Waals surface area contributed by atoms with Gasteiger partial charge in [0.2, 0.25) is 10.0 Å². The first kappa shape index (κ1) is 23.8. The van der Waals surface area contributed by atoms with Crippen LogP contribution in [0.2, 0.25) is 5.02 Å². The lowest BCUT2D eigenvalue weighted by atomic mass is 10.1. The van der Waals surface area contributed by atoms with Crippen molar-refractivity contribution in [1.29, 1.82) is 0 Å². The monoisotopic (exact) mass is 548 g/mol. The molecule has 29 heavy (non-hydrogen) atoms. The van der Waals surface area contributed by atoms with Crippen LogP contribution in [-0.2, 0) is 22.9 Å². The largest absolute Gasteiger partial charge is 0.356 e. The van der Waals surface area contributed by atoms with Crippen molar-refractivity contribution in [1.82, 2.24) is 10.6 Å². The van der Waals surface area contributed by atoms with E-state index >= 15 is 0 Å². The Morgan fingerprint density at radius 2 is 1.90 bits per heavy atom. The maximum absolute atomic E-state index is 12.7. The minimum atomic E-state index is -3.37. The van der Waals surface area contributed by atoms with Gasteiger partial charge in [0.25, 0.3) is 0 Å². The van der Waals surface area contributed by atoms with E-state index in [1.165, 1.54) is 4.31 Å². The summed E-state index contributed by atoms with van der Waals surface area (Å²) in [5.74, 6) is 0.593. The van der Waals surface area contributed by atoms with Gasteiger partial charge in [-0.05, 0) is 42.2 Å². The van der Waals surface area contributed by atoms with Gasteiger partial charge in [-0.15, -0.1) is 24.0 Å². The van der Waals surface area contributed by atoms with Crippen LogP contribution in [0.25, 0.3) is 0 Å². The van der Waals surface area contributed by atoms with Gasteiger partial charge in [-0.2, -0.15) is 0 Å². The van der Waals surface area contributed by atoms with Crippen LogP contribution in [0, 0.1) is 0 Å². The molecule has 0 bridgehead atoms. The molecule has 0 fully saturated rings. The van der Waals surface area contributed by atoms with Gasteiger partial charge in [0.1, 0.15) is 0 Å². The molecule has 2 aromatic rings. The van der Waals surface area contributed by atoms with Crippen LogP contribution in [0.5, 0.6) is 0 Å². The van der Waals surface area contributed by atoms with Crippen molar-refractivity contribution in [2.75, 3.05) is 36.7 Å². The number of sulfonamides is 1. The van der Waals surface area contributed by atoms with Crippen molar-refractivity contribution in [3.8, 4) is 0 Å². The third-order valence-electron chi connectivity index (χ3n) is 4.65. The number of aliphatic imine (C=N–C) groups is 1. The number of hydrogen-bond acceptors (Lipinski definition) is 3. The average molecular weight is 549 g/mol. The van der Waals surface area contributed by atoms with E-state index in [1.807, 2.05) is 48.5 Å². The first-order valence-electron chi connectivity index (χ1n) is 9.27. The number of nitrogens with zero attached hydrogens (tertiary/aromatic N) is 2. The van der Waals surface area contributed by atoms with Crippen molar-refractivity contribution in [3.05, 3.63) is 64.7 Å². The Bertz CT molecular complexity index is 953. The molecule has 2 N–H and O–H groups in total. The van der Waals surface area contributed by atoms with Crippen molar-refractivity contribution in [3.63, 3.8) is 0 Å². The number of rotatable bonds is 7. The summed E-state index contributed by atoms with van der Waals surface area (Å²) < 4.78 is 26.9. The molecule has 0 saturated heterocycles. The summed E-state index contributed by atoms with van der Waals surface area (Å²) in [6, 6.07) is 15.4. The number of halogens is 2. The highest BCUT2D eigenvalue weighted by atomic mass is 127. The lowest BCUT2D eigenvalue weighted by Crippen LogP contribution is -2.42. The molecular weight excluding hydrogens is 523 g/mol. The van der Waals surface area contributed by atoms with Gasteiger partial charge in [0.15, 0.2) is 5.96 Å². The number of hydrogen-bond donors (Lipinski definition) is 2. The fraction of sp³-hybridized carbons (Fsp3) is 0.350. The van der Waals surface area contributed by atoms with E-state index in [4.69, 9.17) is 11.6 Å². The minimum Gasteiger partial charge on any atom is -0.356 e. The lowest BCUT2D eigenvalue weighted by Gasteiger charge is -2.20. The number of fused-ring (bicyclic) bond motifs is 1. The summed E-state index contributed by atoms with van der Waals surface area (Å²) >= 11 is 5.99. The maximum atomic E-state index is 12.7. The highest BCUT2D eigenvalue weighted by Crippen LogP contribution is 2.29. The summed E-state index contributed by atoms with van der Waals surface area (Å²) in [6.45, 7) is 1.47. The molecule has 0 aromatic heterocycles. The van der Waals surface area contributed by atoms with Crippen molar-refractivity contribution < 1.29 is 8.42 Å². The molecule has 0 saturated carbocycles. The Labute approximate surface area is 194 Å². The number of guanidine groups is 1. The maximum Gasteiger partial charge on any atom is 0.236 e. The molecule has 9 heteroatoms. The van der Waals surface area contributed by atoms with E-state index in [0.29, 0.717) is 24.1 Å². The van der Waals surface area contributed by atoms with Crippen LogP contribution >= 0.6 is 35.6 Å². The SMILES string of the molecule is CN=C(NCCc1cccc(Cl)c1)NCCS(=O)(=O)N1CCc2ccccc21.I.